The van der Waals surface area contributed by atoms with E-state index < -0.39 is 5.97 Å². The van der Waals surface area contributed by atoms with Gasteiger partial charge in [-0.15, -0.1) is 0 Å². The Morgan fingerprint density at radius 1 is 1.40 bits per heavy atom. The lowest BCUT2D eigenvalue weighted by molar-refractivity contribution is -0.136. The minimum Gasteiger partial charge on any atom is -0.508 e. The van der Waals surface area contributed by atoms with E-state index in [4.69, 9.17) is 5.11 Å². The molecule has 0 aliphatic carbocycles. The van der Waals surface area contributed by atoms with E-state index in [0.717, 1.165) is 12.0 Å². The third kappa shape index (κ3) is 3.62. The van der Waals surface area contributed by atoms with Gasteiger partial charge < -0.3 is 10.2 Å². The summed E-state index contributed by atoms with van der Waals surface area (Å²) in [5.74, 6) is -0.327. The minimum absolute atomic E-state index is 0.0792. The van der Waals surface area contributed by atoms with Gasteiger partial charge in [-0.1, -0.05) is 26.0 Å². The van der Waals surface area contributed by atoms with Crippen LogP contribution in [-0.4, -0.2) is 16.2 Å². The van der Waals surface area contributed by atoms with Crippen LogP contribution in [0.1, 0.15) is 25.0 Å². The van der Waals surface area contributed by atoms with Crippen molar-refractivity contribution in [2.45, 2.75) is 26.7 Å². The highest BCUT2D eigenvalue weighted by Gasteiger charge is 2.07. The van der Waals surface area contributed by atoms with Crippen molar-refractivity contribution in [1.82, 2.24) is 0 Å². The quantitative estimate of drug-likeness (QED) is 0.797. The van der Waals surface area contributed by atoms with Crippen LogP contribution in [0.2, 0.25) is 0 Å². The topological polar surface area (TPSA) is 57.5 Å². The maximum absolute atomic E-state index is 10.5. The van der Waals surface area contributed by atoms with Crippen molar-refractivity contribution < 1.29 is 15.0 Å². The van der Waals surface area contributed by atoms with E-state index in [1.54, 1.807) is 12.1 Å². The molecule has 3 heteroatoms. The predicted octanol–water partition coefficient (Wildman–Crippen LogP) is 2.22. The molecule has 0 fully saturated rings. The second-order valence-corrected chi connectivity index (χ2v) is 4.13. The van der Waals surface area contributed by atoms with Crippen molar-refractivity contribution in [3.63, 3.8) is 0 Å². The second kappa shape index (κ2) is 4.82. The van der Waals surface area contributed by atoms with Crippen LogP contribution >= 0.6 is 0 Å². The number of phenolic OH excluding ortho intramolecular Hbond substituents is 1. The molecule has 15 heavy (non-hydrogen) atoms. The number of hydrogen-bond donors (Lipinski definition) is 2. The van der Waals surface area contributed by atoms with Crippen LogP contribution in [-0.2, 0) is 17.6 Å². The fourth-order valence-corrected chi connectivity index (χ4v) is 1.52. The van der Waals surface area contributed by atoms with Crippen molar-refractivity contribution in [1.29, 1.82) is 0 Å². The standard InChI is InChI=1S/C12H16O3/c1-8(2)5-9-3-4-10(7-12(14)15)11(13)6-9/h3-4,6,8,13H,5,7H2,1-2H3,(H,14,15). The highest BCUT2D eigenvalue weighted by Crippen LogP contribution is 2.21. The van der Waals surface area contributed by atoms with Gasteiger partial charge in [0.15, 0.2) is 0 Å². The molecule has 1 aromatic carbocycles. The molecule has 0 heterocycles. The number of carboxylic acids is 1. The summed E-state index contributed by atoms with van der Waals surface area (Å²) in [4.78, 5) is 10.5. The van der Waals surface area contributed by atoms with Crippen LogP contribution in [0.5, 0.6) is 5.75 Å². The number of aliphatic carboxylic acids is 1. The summed E-state index contributed by atoms with van der Waals surface area (Å²) in [5, 5.41) is 18.2. The Hall–Kier alpha value is -1.51. The Morgan fingerprint density at radius 2 is 2.07 bits per heavy atom. The highest BCUT2D eigenvalue weighted by atomic mass is 16.4. The highest BCUT2D eigenvalue weighted by molar-refractivity contribution is 5.71. The van der Waals surface area contributed by atoms with Crippen molar-refractivity contribution >= 4 is 5.97 Å². The summed E-state index contributed by atoms with van der Waals surface area (Å²) < 4.78 is 0. The molecule has 3 nitrogen and oxygen atoms in total. The average molecular weight is 208 g/mol. The maximum atomic E-state index is 10.5. The van der Waals surface area contributed by atoms with Gasteiger partial charge in [0.25, 0.3) is 0 Å². The number of phenols is 1. The van der Waals surface area contributed by atoms with E-state index in [1.165, 1.54) is 0 Å². The number of carboxylic acid groups (broad SMARTS) is 1. The molecule has 0 unspecified atom stereocenters. The molecule has 0 amide bonds. The lowest BCUT2D eigenvalue weighted by Gasteiger charge is -2.07. The zero-order valence-electron chi connectivity index (χ0n) is 9.03. The minimum atomic E-state index is -0.929. The molecule has 0 saturated heterocycles. The first-order valence-electron chi connectivity index (χ1n) is 5.01. The Labute approximate surface area is 89.4 Å². The van der Waals surface area contributed by atoms with Crippen LogP contribution in [0, 0.1) is 5.92 Å². The zero-order valence-corrected chi connectivity index (χ0v) is 9.03. The van der Waals surface area contributed by atoms with E-state index in [1.807, 2.05) is 6.07 Å². The van der Waals surface area contributed by atoms with Gasteiger partial charge in [-0.25, -0.2) is 0 Å². The van der Waals surface area contributed by atoms with E-state index >= 15 is 0 Å². The molecular formula is C12H16O3. The number of aromatic hydroxyl groups is 1. The van der Waals surface area contributed by atoms with Crippen LogP contribution in [0.25, 0.3) is 0 Å². The average Bonchev–Trinajstić information content (AvgIpc) is 2.08. The Balaban J connectivity index is 2.83. The Kier molecular flexibility index (Phi) is 3.72. The Bertz CT molecular complexity index is 356. The second-order valence-electron chi connectivity index (χ2n) is 4.13. The van der Waals surface area contributed by atoms with Crippen LogP contribution in [0.3, 0.4) is 0 Å². The molecule has 82 valence electrons. The molecule has 0 bridgehead atoms. The fourth-order valence-electron chi connectivity index (χ4n) is 1.52. The molecule has 0 aromatic heterocycles. The van der Waals surface area contributed by atoms with Gasteiger partial charge in [-0.05, 0) is 24.0 Å². The third-order valence-electron chi connectivity index (χ3n) is 2.14. The van der Waals surface area contributed by atoms with Crippen LogP contribution in [0.15, 0.2) is 18.2 Å². The first kappa shape index (κ1) is 11.6. The first-order valence-corrected chi connectivity index (χ1v) is 5.01. The molecule has 0 spiro atoms. The van der Waals surface area contributed by atoms with Gasteiger partial charge in [0.2, 0.25) is 0 Å². The lowest BCUT2D eigenvalue weighted by atomic mass is 10.0. The van der Waals surface area contributed by atoms with E-state index in [9.17, 15) is 9.90 Å². The molecule has 1 aromatic rings. The molecule has 2 N–H and O–H groups in total. The number of benzene rings is 1. The number of hydrogen-bond acceptors (Lipinski definition) is 2. The summed E-state index contributed by atoms with van der Waals surface area (Å²) in [6.07, 6.45) is 0.759. The normalized spacial score (nSPS) is 10.6. The predicted molar refractivity (Wildman–Crippen MR) is 58.0 cm³/mol. The number of carbonyl (C=O) groups is 1. The third-order valence-corrected chi connectivity index (χ3v) is 2.14. The van der Waals surface area contributed by atoms with E-state index in [2.05, 4.69) is 13.8 Å². The maximum Gasteiger partial charge on any atom is 0.307 e. The SMILES string of the molecule is CC(C)Cc1ccc(CC(=O)O)c(O)c1. The Morgan fingerprint density at radius 3 is 2.53 bits per heavy atom. The van der Waals surface area contributed by atoms with E-state index in [-0.39, 0.29) is 12.2 Å². The fraction of sp³-hybridized carbons (Fsp3) is 0.417. The first-order chi connectivity index (χ1) is 6.99. The molecular weight excluding hydrogens is 192 g/mol. The summed E-state index contributed by atoms with van der Waals surface area (Å²) in [5.41, 5.74) is 1.51. The summed E-state index contributed by atoms with van der Waals surface area (Å²) >= 11 is 0. The molecule has 0 atom stereocenters. The van der Waals surface area contributed by atoms with Crippen LogP contribution < -0.4 is 0 Å². The van der Waals surface area contributed by atoms with Gasteiger partial charge in [-0.2, -0.15) is 0 Å². The van der Waals surface area contributed by atoms with Gasteiger partial charge in [-0.3, -0.25) is 4.79 Å². The smallest absolute Gasteiger partial charge is 0.307 e. The molecule has 0 aliphatic heterocycles. The lowest BCUT2D eigenvalue weighted by Crippen LogP contribution is -2.01. The van der Waals surface area contributed by atoms with E-state index in [0.29, 0.717) is 11.5 Å². The largest absolute Gasteiger partial charge is 0.508 e. The summed E-state index contributed by atoms with van der Waals surface area (Å²) in [7, 11) is 0. The number of rotatable bonds is 4. The zero-order chi connectivity index (χ0) is 11.4. The van der Waals surface area contributed by atoms with Crippen molar-refractivity contribution in [3.05, 3.63) is 29.3 Å². The van der Waals surface area contributed by atoms with Gasteiger partial charge in [0, 0.05) is 5.56 Å². The summed E-state index contributed by atoms with van der Waals surface area (Å²) in [6.45, 7) is 4.20. The molecule has 0 aliphatic rings. The van der Waals surface area contributed by atoms with Gasteiger partial charge >= 0.3 is 5.97 Å². The van der Waals surface area contributed by atoms with Crippen molar-refractivity contribution in [2.75, 3.05) is 0 Å². The summed E-state index contributed by atoms with van der Waals surface area (Å²) in [6, 6.07) is 5.21. The van der Waals surface area contributed by atoms with Crippen molar-refractivity contribution in [2.24, 2.45) is 5.92 Å². The molecule has 0 saturated carbocycles. The van der Waals surface area contributed by atoms with Crippen LogP contribution in [0.4, 0.5) is 0 Å². The van der Waals surface area contributed by atoms with Gasteiger partial charge in [0.1, 0.15) is 5.75 Å². The van der Waals surface area contributed by atoms with Gasteiger partial charge in [0.05, 0.1) is 6.42 Å². The molecule has 0 radical (unpaired) electrons. The van der Waals surface area contributed by atoms with Crippen molar-refractivity contribution in [3.8, 4) is 5.75 Å². The monoisotopic (exact) mass is 208 g/mol. The molecule has 1 rings (SSSR count).